The molecule has 6 heteroatoms. The van der Waals surface area contributed by atoms with Crippen molar-refractivity contribution in [3.05, 3.63) is 47.8 Å². The Morgan fingerprint density at radius 2 is 2.05 bits per heavy atom. The van der Waals surface area contributed by atoms with Crippen molar-refractivity contribution in [2.24, 2.45) is 0 Å². The molecule has 112 valence electrons. The molecule has 1 aromatic carbocycles. The highest BCUT2D eigenvalue weighted by Gasteiger charge is 2.13. The van der Waals surface area contributed by atoms with Gasteiger partial charge in [-0.25, -0.2) is 4.68 Å². The van der Waals surface area contributed by atoms with Crippen LogP contribution >= 0.6 is 0 Å². The lowest BCUT2D eigenvalue weighted by molar-refractivity contribution is 0.275. The molecule has 1 heterocycles. The van der Waals surface area contributed by atoms with Gasteiger partial charge in [0, 0.05) is 6.42 Å². The third-order valence-corrected chi connectivity index (χ3v) is 3.19. The van der Waals surface area contributed by atoms with Gasteiger partial charge in [0.2, 0.25) is 0 Å². The van der Waals surface area contributed by atoms with Crippen LogP contribution in [0.15, 0.2) is 30.9 Å². The Balaban J connectivity index is 2.33. The Kier molecular flexibility index (Phi) is 4.94. The summed E-state index contributed by atoms with van der Waals surface area (Å²) in [6.45, 7) is 4.11. The van der Waals surface area contributed by atoms with Crippen molar-refractivity contribution in [1.82, 2.24) is 15.0 Å². The normalized spacial score (nSPS) is 10.4. The van der Waals surface area contributed by atoms with Crippen molar-refractivity contribution < 1.29 is 14.6 Å². The van der Waals surface area contributed by atoms with Gasteiger partial charge in [0.1, 0.15) is 5.69 Å². The number of hydrogen-bond acceptors (Lipinski definition) is 5. The van der Waals surface area contributed by atoms with E-state index in [-0.39, 0.29) is 6.61 Å². The standard InChI is InChI=1S/C15H19N3O3/c1-4-7-18-13(12(10-19)16-17-18)8-11-5-6-14(20-2)15(9-11)21-3/h4-6,9,19H,1,7-8,10H2,2-3H3. The van der Waals surface area contributed by atoms with E-state index in [0.717, 1.165) is 11.3 Å². The van der Waals surface area contributed by atoms with E-state index in [2.05, 4.69) is 16.9 Å². The monoisotopic (exact) mass is 289 g/mol. The van der Waals surface area contributed by atoms with Crippen molar-refractivity contribution >= 4 is 0 Å². The van der Waals surface area contributed by atoms with Crippen LogP contribution in [0, 0.1) is 0 Å². The number of allylic oxidation sites excluding steroid dienone is 1. The summed E-state index contributed by atoms with van der Waals surface area (Å²) in [6.07, 6.45) is 2.34. The fourth-order valence-corrected chi connectivity index (χ4v) is 2.14. The molecule has 0 fully saturated rings. The first-order chi connectivity index (χ1) is 10.2. The van der Waals surface area contributed by atoms with E-state index in [1.54, 1.807) is 25.0 Å². The number of aliphatic hydroxyl groups is 1. The summed E-state index contributed by atoms with van der Waals surface area (Å²) >= 11 is 0. The SMILES string of the molecule is C=CCn1nnc(CO)c1Cc1ccc(OC)c(OC)c1. The highest BCUT2D eigenvalue weighted by Crippen LogP contribution is 2.28. The molecule has 0 saturated heterocycles. The van der Waals surface area contributed by atoms with E-state index in [0.29, 0.717) is 30.2 Å². The number of hydrogen-bond donors (Lipinski definition) is 1. The average Bonchev–Trinajstić information content (AvgIpc) is 2.89. The molecule has 1 N–H and O–H groups in total. The first-order valence-corrected chi connectivity index (χ1v) is 6.57. The number of nitrogens with zero attached hydrogens (tertiary/aromatic N) is 3. The molecule has 2 rings (SSSR count). The lowest BCUT2D eigenvalue weighted by Crippen LogP contribution is -2.06. The summed E-state index contributed by atoms with van der Waals surface area (Å²) < 4.78 is 12.3. The zero-order valence-corrected chi connectivity index (χ0v) is 12.2. The maximum Gasteiger partial charge on any atom is 0.160 e. The number of ether oxygens (including phenoxy) is 2. The number of rotatable bonds is 7. The summed E-state index contributed by atoms with van der Waals surface area (Å²) in [5.41, 5.74) is 2.46. The zero-order chi connectivity index (χ0) is 15.2. The summed E-state index contributed by atoms with van der Waals surface area (Å²) in [5.74, 6) is 1.35. The molecule has 0 aliphatic carbocycles. The van der Waals surface area contributed by atoms with Gasteiger partial charge in [0.25, 0.3) is 0 Å². The first-order valence-electron chi connectivity index (χ1n) is 6.57. The van der Waals surface area contributed by atoms with E-state index in [1.807, 2.05) is 18.2 Å². The lowest BCUT2D eigenvalue weighted by atomic mass is 10.1. The van der Waals surface area contributed by atoms with Gasteiger partial charge in [-0.15, -0.1) is 11.7 Å². The quantitative estimate of drug-likeness (QED) is 0.783. The highest BCUT2D eigenvalue weighted by atomic mass is 16.5. The number of aromatic nitrogens is 3. The largest absolute Gasteiger partial charge is 0.493 e. The van der Waals surface area contributed by atoms with Crippen LogP contribution in [0.1, 0.15) is 17.0 Å². The van der Waals surface area contributed by atoms with Crippen molar-refractivity contribution in [3.8, 4) is 11.5 Å². The Labute approximate surface area is 123 Å². The molecule has 2 aromatic rings. The fourth-order valence-electron chi connectivity index (χ4n) is 2.14. The topological polar surface area (TPSA) is 69.4 Å². The predicted octanol–water partition coefficient (Wildman–Crippen LogP) is 1.56. The summed E-state index contributed by atoms with van der Waals surface area (Å²) in [6, 6.07) is 5.72. The molecule has 0 bridgehead atoms. The van der Waals surface area contributed by atoms with E-state index < -0.39 is 0 Å². The van der Waals surface area contributed by atoms with Gasteiger partial charge < -0.3 is 14.6 Å². The van der Waals surface area contributed by atoms with Crippen molar-refractivity contribution in [2.45, 2.75) is 19.6 Å². The second kappa shape index (κ2) is 6.90. The number of methoxy groups -OCH3 is 2. The lowest BCUT2D eigenvalue weighted by Gasteiger charge is -2.10. The fraction of sp³-hybridized carbons (Fsp3) is 0.333. The van der Waals surface area contributed by atoms with E-state index in [9.17, 15) is 5.11 Å². The highest BCUT2D eigenvalue weighted by molar-refractivity contribution is 5.44. The van der Waals surface area contributed by atoms with Gasteiger partial charge in [-0.1, -0.05) is 17.4 Å². The molecule has 1 aromatic heterocycles. The molecule has 0 aliphatic heterocycles. The van der Waals surface area contributed by atoms with E-state index in [1.165, 1.54) is 0 Å². The molecule has 6 nitrogen and oxygen atoms in total. The third kappa shape index (κ3) is 3.22. The summed E-state index contributed by atoms with van der Waals surface area (Å²) in [5, 5.41) is 17.4. The van der Waals surface area contributed by atoms with Crippen molar-refractivity contribution in [1.29, 1.82) is 0 Å². The number of aliphatic hydroxyl groups excluding tert-OH is 1. The van der Waals surface area contributed by atoms with Crippen LogP contribution in [0.25, 0.3) is 0 Å². The average molecular weight is 289 g/mol. The van der Waals surface area contributed by atoms with Crippen LogP contribution in [0.4, 0.5) is 0 Å². The van der Waals surface area contributed by atoms with Crippen LogP contribution in [0.3, 0.4) is 0 Å². The molecule has 0 radical (unpaired) electrons. The van der Waals surface area contributed by atoms with Crippen LogP contribution in [0.2, 0.25) is 0 Å². The van der Waals surface area contributed by atoms with Gasteiger partial charge in [-0.05, 0) is 17.7 Å². The molecule has 21 heavy (non-hydrogen) atoms. The Hall–Kier alpha value is -2.34. The van der Waals surface area contributed by atoms with Crippen LogP contribution < -0.4 is 9.47 Å². The second-order valence-electron chi connectivity index (χ2n) is 4.48. The molecular weight excluding hydrogens is 270 g/mol. The maximum atomic E-state index is 9.37. The molecule has 0 unspecified atom stereocenters. The van der Waals surface area contributed by atoms with Crippen molar-refractivity contribution in [2.75, 3.05) is 14.2 Å². The maximum absolute atomic E-state index is 9.37. The third-order valence-electron chi connectivity index (χ3n) is 3.19. The van der Waals surface area contributed by atoms with Crippen LogP contribution in [-0.4, -0.2) is 34.3 Å². The van der Waals surface area contributed by atoms with Gasteiger partial charge in [0.15, 0.2) is 11.5 Å². The molecular formula is C15H19N3O3. The van der Waals surface area contributed by atoms with Crippen LogP contribution in [-0.2, 0) is 19.6 Å². The molecule has 0 atom stereocenters. The van der Waals surface area contributed by atoms with E-state index in [4.69, 9.17) is 9.47 Å². The molecule has 0 amide bonds. The predicted molar refractivity (Wildman–Crippen MR) is 78.5 cm³/mol. The van der Waals surface area contributed by atoms with E-state index >= 15 is 0 Å². The smallest absolute Gasteiger partial charge is 0.160 e. The number of benzene rings is 1. The Morgan fingerprint density at radius 3 is 2.67 bits per heavy atom. The van der Waals surface area contributed by atoms with Gasteiger partial charge in [-0.2, -0.15) is 0 Å². The minimum Gasteiger partial charge on any atom is -0.493 e. The minimum atomic E-state index is -0.139. The van der Waals surface area contributed by atoms with Gasteiger partial charge >= 0.3 is 0 Å². The minimum absolute atomic E-state index is 0.139. The summed E-state index contributed by atoms with van der Waals surface area (Å²) in [4.78, 5) is 0. The van der Waals surface area contributed by atoms with Crippen molar-refractivity contribution in [3.63, 3.8) is 0 Å². The van der Waals surface area contributed by atoms with Gasteiger partial charge in [0.05, 0.1) is 33.1 Å². The zero-order valence-electron chi connectivity index (χ0n) is 12.2. The first kappa shape index (κ1) is 15.1. The Morgan fingerprint density at radius 1 is 1.29 bits per heavy atom. The molecule has 0 saturated carbocycles. The second-order valence-corrected chi connectivity index (χ2v) is 4.48. The summed E-state index contributed by atoms with van der Waals surface area (Å²) in [7, 11) is 3.20. The van der Waals surface area contributed by atoms with Crippen LogP contribution in [0.5, 0.6) is 11.5 Å². The molecule has 0 aliphatic rings. The molecule has 0 spiro atoms. The Bertz CT molecular complexity index is 623. The van der Waals surface area contributed by atoms with Gasteiger partial charge in [-0.3, -0.25) is 0 Å².